The quantitative estimate of drug-likeness (QED) is 0.667. The van der Waals surface area contributed by atoms with E-state index >= 15 is 0 Å². The lowest BCUT2D eigenvalue weighted by Gasteiger charge is -2.36. The van der Waals surface area contributed by atoms with Gasteiger partial charge in [-0.3, -0.25) is 10.2 Å². The highest BCUT2D eigenvalue weighted by Gasteiger charge is 2.46. The molecule has 0 spiro atoms. The summed E-state index contributed by atoms with van der Waals surface area (Å²) < 4.78 is 0. The molecule has 1 rings (SSSR count). The molecule has 0 heterocycles. The van der Waals surface area contributed by atoms with Crippen LogP contribution in [0.15, 0.2) is 0 Å². The van der Waals surface area contributed by atoms with E-state index < -0.39 is 0 Å². The molecule has 3 nitrogen and oxygen atoms in total. The Balaban J connectivity index is 2.75. The third-order valence-corrected chi connectivity index (χ3v) is 3.88. The summed E-state index contributed by atoms with van der Waals surface area (Å²) >= 11 is 0. The Morgan fingerprint density at radius 2 is 1.75 bits per heavy atom. The van der Waals surface area contributed by atoms with Gasteiger partial charge in [0.05, 0.1) is 6.07 Å². The maximum Gasteiger partial charge on any atom is 0.122 e. The molecule has 0 aromatic heterocycles. The van der Waals surface area contributed by atoms with E-state index in [1.165, 1.54) is 12.8 Å². The minimum absolute atomic E-state index is 0.320. The molecule has 0 aliphatic heterocycles. The van der Waals surface area contributed by atoms with E-state index in [1.54, 1.807) is 0 Å². The molecule has 1 atom stereocenters. The first-order valence-electron chi connectivity index (χ1n) is 8.32. The molecular formula is C17H33N3. The van der Waals surface area contributed by atoms with Gasteiger partial charge in [0.1, 0.15) is 5.54 Å². The molecule has 0 radical (unpaired) electrons. The number of nitrogens with one attached hydrogen (secondary N) is 1. The Morgan fingerprint density at radius 1 is 1.20 bits per heavy atom. The van der Waals surface area contributed by atoms with Crippen molar-refractivity contribution in [1.29, 1.82) is 5.26 Å². The van der Waals surface area contributed by atoms with E-state index in [2.05, 4.69) is 50.9 Å². The highest BCUT2D eigenvalue weighted by Crippen LogP contribution is 2.40. The zero-order valence-corrected chi connectivity index (χ0v) is 14.1. The maximum absolute atomic E-state index is 9.79. The number of nitriles is 1. The average Bonchev–Trinajstić information content (AvgIpc) is 3.17. The van der Waals surface area contributed by atoms with Gasteiger partial charge >= 0.3 is 0 Å². The Kier molecular flexibility index (Phi) is 6.99. The van der Waals surface area contributed by atoms with Gasteiger partial charge in [-0.15, -0.1) is 0 Å². The molecule has 20 heavy (non-hydrogen) atoms. The van der Waals surface area contributed by atoms with E-state index in [9.17, 15) is 5.26 Å². The normalized spacial score (nSPS) is 18.6. The predicted octanol–water partition coefficient (Wildman–Crippen LogP) is 3.27. The molecule has 1 N–H and O–H groups in total. The van der Waals surface area contributed by atoms with Gasteiger partial charge in [-0.2, -0.15) is 5.26 Å². The van der Waals surface area contributed by atoms with Crippen LogP contribution in [-0.2, 0) is 0 Å². The second-order valence-corrected chi connectivity index (χ2v) is 7.27. The molecule has 3 heteroatoms. The van der Waals surface area contributed by atoms with Crippen molar-refractivity contribution in [1.82, 2.24) is 10.2 Å². The maximum atomic E-state index is 9.79. The fourth-order valence-electron chi connectivity index (χ4n) is 3.01. The number of hydrogen-bond acceptors (Lipinski definition) is 3. The van der Waals surface area contributed by atoms with Crippen molar-refractivity contribution in [2.75, 3.05) is 26.2 Å². The van der Waals surface area contributed by atoms with Crippen LogP contribution in [0.4, 0.5) is 0 Å². The van der Waals surface area contributed by atoms with E-state index in [0.717, 1.165) is 32.6 Å². The molecule has 1 aliphatic carbocycles. The van der Waals surface area contributed by atoms with Gasteiger partial charge in [0.2, 0.25) is 0 Å². The number of rotatable bonds is 10. The zero-order chi connectivity index (χ0) is 15.2. The predicted molar refractivity (Wildman–Crippen MR) is 85.5 cm³/mol. The van der Waals surface area contributed by atoms with Crippen molar-refractivity contribution < 1.29 is 0 Å². The monoisotopic (exact) mass is 279 g/mol. The largest absolute Gasteiger partial charge is 0.300 e. The van der Waals surface area contributed by atoms with Crippen LogP contribution < -0.4 is 5.32 Å². The van der Waals surface area contributed by atoms with Crippen molar-refractivity contribution in [3.63, 3.8) is 0 Å². The van der Waals surface area contributed by atoms with Crippen molar-refractivity contribution in [2.45, 2.75) is 59.4 Å². The third-order valence-electron chi connectivity index (χ3n) is 3.88. The smallest absolute Gasteiger partial charge is 0.122 e. The lowest BCUT2D eigenvalue weighted by atomic mass is 9.93. The topological polar surface area (TPSA) is 39.1 Å². The first-order chi connectivity index (χ1) is 9.43. The van der Waals surface area contributed by atoms with Crippen LogP contribution >= 0.6 is 0 Å². The van der Waals surface area contributed by atoms with Gasteiger partial charge < -0.3 is 0 Å². The summed E-state index contributed by atoms with van der Waals surface area (Å²) in [5.41, 5.74) is -0.320. The molecule has 0 aromatic rings. The molecule has 1 saturated carbocycles. The van der Waals surface area contributed by atoms with Gasteiger partial charge in [0, 0.05) is 19.6 Å². The van der Waals surface area contributed by atoms with E-state index in [-0.39, 0.29) is 5.54 Å². The number of nitrogens with zero attached hydrogens (tertiary/aromatic N) is 2. The molecule has 0 aromatic carbocycles. The molecule has 0 bridgehead atoms. The highest BCUT2D eigenvalue weighted by atomic mass is 15.2. The Morgan fingerprint density at radius 3 is 2.10 bits per heavy atom. The van der Waals surface area contributed by atoms with Crippen LogP contribution in [0.5, 0.6) is 0 Å². The highest BCUT2D eigenvalue weighted by molar-refractivity contribution is 5.16. The molecule has 1 aliphatic rings. The average molecular weight is 279 g/mol. The van der Waals surface area contributed by atoms with Crippen LogP contribution in [0.1, 0.15) is 53.9 Å². The second-order valence-electron chi connectivity index (χ2n) is 7.27. The standard InChI is InChI=1S/C17H33N3/c1-6-9-19-17(12-18,16-7-8-16)13-20(10-14(2)3)11-15(4)5/h14-16,19H,6-11,13H2,1-5H3. The van der Waals surface area contributed by atoms with E-state index in [0.29, 0.717) is 17.8 Å². The van der Waals surface area contributed by atoms with Crippen LogP contribution in [0.3, 0.4) is 0 Å². The summed E-state index contributed by atoms with van der Waals surface area (Å²) in [6.07, 6.45) is 3.51. The Bertz CT molecular complexity index is 305. The lowest BCUT2D eigenvalue weighted by Crippen LogP contribution is -2.55. The SMILES string of the molecule is CCCNC(C#N)(CN(CC(C)C)CC(C)C)C1CC1. The zero-order valence-electron chi connectivity index (χ0n) is 14.1. The molecule has 116 valence electrons. The van der Waals surface area contributed by atoms with Gasteiger partial charge in [-0.05, 0) is 43.6 Å². The van der Waals surface area contributed by atoms with Crippen molar-refractivity contribution >= 4 is 0 Å². The molecule has 0 saturated heterocycles. The summed E-state index contributed by atoms with van der Waals surface area (Å²) in [6.45, 7) is 15.2. The summed E-state index contributed by atoms with van der Waals surface area (Å²) in [7, 11) is 0. The number of hydrogen-bond donors (Lipinski definition) is 1. The van der Waals surface area contributed by atoms with E-state index in [1.807, 2.05) is 0 Å². The molecule has 0 amide bonds. The summed E-state index contributed by atoms with van der Waals surface area (Å²) in [6, 6.07) is 2.64. The van der Waals surface area contributed by atoms with Gasteiger partial charge in [0.25, 0.3) is 0 Å². The fourth-order valence-corrected chi connectivity index (χ4v) is 3.01. The van der Waals surface area contributed by atoms with Crippen LogP contribution in [0.25, 0.3) is 0 Å². The summed E-state index contributed by atoms with van der Waals surface area (Å²) in [5.74, 6) is 1.85. The third kappa shape index (κ3) is 5.42. The van der Waals surface area contributed by atoms with Crippen molar-refractivity contribution in [2.24, 2.45) is 17.8 Å². The Labute approximate surface area is 125 Å². The summed E-state index contributed by atoms with van der Waals surface area (Å²) in [4.78, 5) is 2.50. The fraction of sp³-hybridized carbons (Fsp3) is 0.941. The lowest BCUT2D eigenvalue weighted by molar-refractivity contribution is 0.163. The van der Waals surface area contributed by atoms with Gasteiger partial charge in [0.15, 0.2) is 0 Å². The molecule has 1 unspecified atom stereocenters. The minimum atomic E-state index is -0.320. The Hall–Kier alpha value is -0.590. The van der Waals surface area contributed by atoms with Crippen LogP contribution in [-0.4, -0.2) is 36.6 Å². The first-order valence-corrected chi connectivity index (χ1v) is 8.32. The van der Waals surface area contributed by atoms with Crippen LogP contribution in [0, 0.1) is 29.1 Å². The van der Waals surface area contributed by atoms with Gasteiger partial charge in [-0.1, -0.05) is 34.6 Å². The van der Waals surface area contributed by atoms with Gasteiger partial charge in [-0.25, -0.2) is 0 Å². The summed E-state index contributed by atoms with van der Waals surface area (Å²) in [5, 5.41) is 13.4. The minimum Gasteiger partial charge on any atom is -0.300 e. The molecular weight excluding hydrogens is 246 g/mol. The van der Waals surface area contributed by atoms with Crippen molar-refractivity contribution in [3.8, 4) is 6.07 Å². The first kappa shape index (κ1) is 17.5. The molecule has 1 fully saturated rings. The van der Waals surface area contributed by atoms with Crippen LogP contribution in [0.2, 0.25) is 0 Å². The van der Waals surface area contributed by atoms with E-state index in [4.69, 9.17) is 0 Å². The van der Waals surface area contributed by atoms with Crippen molar-refractivity contribution in [3.05, 3.63) is 0 Å². The second kappa shape index (κ2) is 8.00.